The zero-order valence-electron chi connectivity index (χ0n) is 19.1. The van der Waals surface area contributed by atoms with Crippen molar-refractivity contribution in [2.45, 2.75) is 59.0 Å². The van der Waals surface area contributed by atoms with E-state index in [9.17, 15) is 4.79 Å². The number of unbranched alkanes of at least 4 members (excludes halogenated alkanes) is 2. The molecule has 0 amide bonds. The van der Waals surface area contributed by atoms with Crippen LogP contribution in [0.25, 0.3) is 16.8 Å². The first-order valence-electron chi connectivity index (χ1n) is 11.5. The molecule has 0 saturated carbocycles. The van der Waals surface area contributed by atoms with Crippen LogP contribution in [0.4, 0.5) is 4.39 Å². The topological polar surface area (TPSA) is 70.5 Å². The van der Waals surface area contributed by atoms with E-state index in [0.717, 1.165) is 48.1 Å². The zero-order chi connectivity index (χ0) is 23.2. The molecule has 4 rings (SSSR count). The first-order chi connectivity index (χ1) is 16.1. The molecule has 2 aromatic heterocycles. The number of hydrogen-bond acceptors (Lipinski definition) is 4. The van der Waals surface area contributed by atoms with Gasteiger partial charge in [-0.3, -0.25) is 9.13 Å². The van der Waals surface area contributed by atoms with E-state index in [1.54, 1.807) is 15.6 Å². The molecule has 0 atom stereocenters. The van der Waals surface area contributed by atoms with Crippen molar-refractivity contribution in [1.29, 1.82) is 0 Å². The fourth-order valence-corrected chi connectivity index (χ4v) is 4.13. The number of tetrazole rings is 1. The van der Waals surface area contributed by atoms with Gasteiger partial charge in [0, 0.05) is 12.1 Å². The largest absolute Gasteiger partial charge is 0.330 e. The standard InChI is InChI=1S/C25H29FN6O/c1-3-5-8-16-30-24(26)23(9-4-2)31(25(30)33)17-19-12-14-20(15-13-19)21-10-6-7-11-22(21)32-18-27-28-29-32/h6-7,10-15,18H,3-5,8-9,16-17H2,1-2H3. The summed E-state index contributed by atoms with van der Waals surface area (Å²) in [4.78, 5) is 13.0. The summed E-state index contributed by atoms with van der Waals surface area (Å²) in [6, 6.07) is 15.9. The van der Waals surface area contributed by atoms with Crippen LogP contribution in [0.3, 0.4) is 0 Å². The molecule has 33 heavy (non-hydrogen) atoms. The molecule has 0 unspecified atom stereocenters. The Labute approximate surface area is 192 Å². The summed E-state index contributed by atoms with van der Waals surface area (Å²) in [6.45, 7) is 4.87. The average Bonchev–Trinajstić information content (AvgIpc) is 3.45. The van der Waals surface area contributed by atoms with Gasteiger partial charge in [0.05, 0.1) is 17.9 Å². The Kier molecular flexibility index (Phi) is 7.12. The third-order valence-electron chi connectivity index (χ3n) is 5.84. The van der Waals surface area contributed by atoms with Crippen LogP contribution in [0, 0.1) is 5.95 Å². The van der Waals surface area contributed by atoms with Crippen molar-refractivity contribution in [3.8, 4) is 16.8 Å². The van der Waals surface area contributed by atoms with E-state index in [0.29, 0.717) is 25.2 Å². The minimum absolute atomic E-state index is 0.264. The Bertz CT molecular complexity index is 1240. The molecule has 0 aliphatic heterocycles. The molecular formula is C25H29FN6O. The number of rotatable bonds is 10. The summed E-state index contributed by atoms with van der Waals surface area (Å²) in [5.74, 6) is -0.384. The normalized spacial score (nSPS) is 11.2. The maximum Gasteiger partial charge on any atom is 0.330 e. The van der Waals surface area contributed by atoms with Crippen LogP contribution in [0.15, 0.2) is 59.7 Å². The lowest BCUT2D eigenvalue weighted by Crippen LogP contribution is -2.26. The van der Waals surface area contributed by atoms with Gasteiger partial charge in [0.15, 0.2) is 0 Å². The first kappa shape index (κ1) is 22.6. The molecule has 0 spiro atoms. The van der Waals surface area contributed by atoms with Crippen LogP contribution in [0.5, 0.6) is 0 Å². The van der Waals surface area contributed by atoms with Crippen LogP contribution in [0.1, 0.15) is 50.8 Å². The van der Waals surface area contributed by atoms with Crippen LogP contribution in [-0.4, -0.2) is 29.3 Å². The number of hydrogen-bond donors (Lipinski definition) is 0. The van der Waals surface area contributed by atoms with E-state index >= 15 is 4.39 Å². The Hall–Kier alpha value is -3.55. The SMILES string of the molecule is CCCCCn1c(F)c(CCC)n(Cc2ccc(-c3ccccc3-n3cnnn3)cc2)c1=O. The second-order valence-corrected chi connectivity index (χ2v) is 8.18. The first-order valence-corrected chi connectivity index (χ1v) is 11.5. The van der Waals surface area contributed by atoms with E-state index in [-0.39, 0.29) is 11.6 Å². The molecule has 0 bridgehead atoms. The van der Waals surface area contributed by atoms with E-state index in [2.05, 4.69) is 22.4 Å². The van der Waals surface area contributed by atoms with Gasteiger partial charge in [0.2, 0.25) is 5.95 Å². The fraction of sp³-hybridized carbons (Fsp3) is 0.360. The van der Waals surface area contributed by atoms with E-state index in [1.807, 2.05) is 55.5 Å². The van der Waals surface area contributed by atoms with Crippen molar-refractivity contribution >= 4 is 0 Å². The maximum atomic E-state index is 15.1. The minimum Gasteiger partial charge on any atom is -0.289 e. The molecule has 0 fully saturated rings. The zero-order valence-corrected chi connectivity index (χ0v) is 19.1. The van der Waals surface area contributed by atoms with Gasteiger partial charge in [-0.05, 0) is 40.5 Å². The molecule has 0 aliphatic rings. The minimum atomic E-state index is -0.384. The third kappa shape index (κ3) is 4.79. The Morgan fingerprint density at radius 2 is 1.73 bits per heavy atom. The van der Waals surface area contributed by atoms with Gasteiger partial charge in [0.25, 0.3) is 0 Å². The quantitative estimate of drug-likeness (QED) is 0.332. The highest BCUT2D eigenvalue weighted by Gasteiger charge is 2.19. The Morgan fingerprint density at radius 1 is 0.939 bits per heavy atom. The monoisotopic (exact) mass is 448 g/mol. The number of aromatic nitrogens is 6. The number of halogens is 1. The predicted molar refractivity (Wildman–Crippen MR) is 126 cm³/mol. The van der Waals surface area contributed by atoms with Gasteiger partial charge in [0.1, 0.15) is 6.33 Å². The summed E-state index contributed by atoms with van der Waals surface area (Å²) in [5.41, 5.74) is 4.06. The number of imidazole rings is 1. The number of benzene rings is 2. The maximum absolute atomic E-state index is 15.1. The molecule has 7 nitrogen and oxygen atoms in total. The molecule has 2 heterocycles. The lowest BCUT2D eigenvalue weighted by molar-refractivity contribution is 0.461. The van der Waals surface area contributed by atoms with E-state index in [1.165, 1.54) is 4.57 Å². The molecule has 172 valence electrons. The smallest absolute Gasteiger partial charge is 0.289 e. The highest BCUT2D eigenvalue weighted by molar-refractivity contribution is 5.72. The van der Waals surface area contributed by atoms with Gasteiger partial charge in [-0.2, -0.15) is 9.07 Å². The van der Waals surface area contributed by atoms with Gasteiger partial charge in [-0.1, -0.05) is 75.6 Å². The van der Waals surface area contributed by atoms with Gasteiger partial charge in [-0.25, -0.2) is 4.79 Å². The highest BCUT2D eigenvalue weighted by atomic mass is 19.1. The third-order valence-corrected chi connectivity index (χ3v) is 5.84. The van der Waals surface area contributed by atoms with Gasteiger partial charge >= 0.3 is 5.69 Å². The van der Waals surface area contributed by atoms with E-state index in [4.69, 9.17) is 0 Å². The van der Waals surface area contributed by atoms with Crippen molar-refractivity contribution in [2.24, 2.45) is 0 Å². The summed E-state index contributed by atoms with van der Waals surface area (Å²) >= 11 is 0. The van der Waals surface area contributed by atoms with Crippen LogP contribution < -0.4 is 5.69 Å². The average molecular weight is 449 g/mol. The van der Waals surface area contributed by atoms with Crippen molar-refractivity contribution in [1.82, 2.24) is 29.3 Å². The summed E-state index contributed by atoms with van der Waals surface area (Å²) < 4.78 is 19.6. The van der Waals surface area contributed by atoms with Crippen molar-refractivity contribution < 1.29 is 4.39 Å². The summed E-state index contributed by atoms with van der Waals surface area (Å²) in [5, 5.41) is 11.5. The van der Waals surface area contributed by atoms with E-state index < -0.39 is 0 Å². The Morgan fingerprint density at radius 3 is 2.42 bits per heavy atom. The molecule has 0 N–H and O–H groups in total. The van der Waals surface area contributed by atoms with Crippen molar-refractivity contribution in [3.05, 3.63) is 82.5 Å². The van der Waals surface area contributed by atoms with Crippen LogP contribution >= 0.6 is 0 Å². The summed E-state index contributed by atoms with van der Waals surface area (Å²) in [6.07, 6.45) is 5.70. The Balaban J connectivity index is 1.62. The molecule has 0 saturated heterocycles. The lowest BCUT2D eigenvalue weighted by Gasteiger charge is -2.10. The molecule has 2 aromatic carbocycles. The lowest BCUT2D eigenvalue weighted by atomic mass is 10.0. The fourth-order valence-electron chi connectivity index (χ4n) is 4.13. The molecule has 4 aromatic rings. The number of para-hydroxylation sites is 1. The van der Waals surface area contributed by atoms with Crippen LogP contribution in [-0.2, 0) is 19.5 Å². The van der Waals surface area contributed by atoms with Gasteiger partial charge < -0.3 is 0 Å². The second-order valence-electron chi connectivity index (χ2n) is 8.18. The summed E-state index contributed by atoms with van der Waals surface area (Å²) in [7, 11) is 0. The molecule has 0 aliphatic carbocycles. The highest BCUT2D eigenvalue weighted by Crippen LogP contribution is 2.26. The molecule has 8 heteroatoms. The molecule has 0 radical (unpaired) electrons. The number of nitrogens with zero attached hydrogens (tertiary/aromatic N) is 6. The van der Waals surface area contributed by atoms with Gasteiger partial charge in [-0.15, -0.1) is 5.10 Å². The van der Waals surface area contributed by atoms with Crippen LogP contribution in [0.2, 0.25) is 0 Å². The second kappa shape index (κ2) is 10.4. The van der Waals surface area contributed by atoms with Crippen molar-refractivity contribution in [2.75, 3.05) is 0 Å². The van der Waals surface area contributed by atoms with Crippen molar-refractivity contribution in [3.63, 3.8) is 0 Å². The predicted octanol–water partition coefficient (Wildman–Crippen LogP) is 4.62. The molecular weight excluding hydrogens is 419 g/mol.